The number of carbonyl (C=O) groups excluding carboxylic acids is 1. The molecule has 1 aliphatic carbocycles. The van der Waals surface area contributed by atoms with Gasteiger partial charge in [-0.25, -0.2) is 9.59 Å². The van der Waals surface area contributed by atoms with Crippen molar-refractivity contribution in [1.82, 2.24) is 5.32 Å². The first-order valence-corrected chi connectivity index (χ1v) is 6.86. The first-order chi connectivity index (χ1) is 8.99. The number of aromatic carboxylic acids is 1. The fourth-order valence-corrected chi connectivity index (χ4v) is 3.08. The van der Waals surface area contributed by atoms with Crippen LogP contribution in [0.1, 0.15) is 33.6 Å². The molecule has 0 saturated carbocycles. The van der Waals surface area contributed by atoms with Gasteiger partial charge < -0.3 is 10.4 Å². The van der Waals surface area contributed by atoms with Gasteiger partial charge in [-0.2, -0.15) is 0 Å². The summed E-state index contributed by atoms with van der Waals surface area (Å²) < 4.78 is 0. The second kappa shape index (κ2) is 5.44. The Morgan fingerprint density at radius 1 is 1.32 bits per heavy atom. The van der Waals surface area contributed by atoms with Crippen LogP contribution >= 0.6 is 11.3 Å². The van der Waals surface area contributed by atoms with Crippen LogP contribution in [0.15, 0.2) is 12.2 Å². The van der Waals surface area contributed by atoms with Gasteiger partial charge in [0.2, 0.25) is 0 Å². The highest BCUT2D eigenvalue weighted by Crippen LogP contribution is 2.32. The van der Waals surface area contributed by atoms with E-state index in [0.717, 1.165) is 17.7 Å². The van der Waals surface area contributed by atoms with E-state index < -0.39 is 5.97 Å². The topological polar surface area (TPSA) is 78.4 Å². The van der Waals surface area contributed by atoms with Crippen molar-refractivity contribution in [1.29, 1.82) is 0 Å². The van der Waals surface area contributed by atoms with E-state index in [0.29, 0.717) is 10.6 Å². The maximum atomic E-state index is 11.8. The first kappa shape index (κ1) is 13.6. The maximum Gasteiger partial charge on any atom is 0.338 e. The van der Waals surface area contributed by atoms with E-state index in [2.05, 4.69) is 10.6 Å². The van der Waals surface area contributed by atoms with Crippen LogP contribution in [-0.4, -0.2) is 23.1 Å². The highest BCUT2D eigenvalue weighted by Gasteiger charge is 2.21. The lowest BCUT2D eigenvalue weighted by atomic mass is 10.1. The number of rotatable bonds is 3. The zero-order valence-corrected chi connectivity index (χ0v) is 11.6. The standard InChI is InChI=1S/C13H16N2O3S/c1-7-8(2)19-11(10(7)12(16)17)15-13(18)14-9-5-3-4-6-9/h3-4,9H,5-6H2,1-2H3,(H,16,17)(H2,14,15,18). The van der Waals surface area contributed by atoms with Crippen LogP contribution in [0.4, 0.5) is 9.80 Å². The second-order valence-electron chi connectivity index (χ2n) is 4.53. The number of hydrogen-bond acceptors (Lipinski definition) is 3. The lowest BCUT2D eigenvalue weighted by Gasteiger charge is -2.12. The summed E-state index contributed by atoms with van der Waals surface area (Å²) in [4.78, 5) is 23.9. The quantitative estimate of drug-likeness (QED) is 0.745. The molecule has 5 nitrogen and oxygen atoms in total. The average Bonchev–Trinajstić information content (AvgIpc) is 2.88. The predicted molar refractivity (Wildman–Crippen MR) is 75.1 cm³/mol. The molecule has 0 aromatic carbocycles. The minimum absolute atomic E-state index is 0.107. The number of amides is 2. The molecule has 1 aromatic heterocycles. The molecule has 0 atom stereocenters. The number of hydrogen-bond donors (Lipinski definition) is 3. The van der Waals surface area contributed by atoms with Crippen LogP contribution in [-0.2, 0) is 0 Å². The first-order valence-electron chi connectivity index (χ1n) is 6.05. The summed E-state index contributed by atoms with van der Waals surface area (Å²) >= 11 is 1.29. The van der Waals surface area contributed by atoms with E-state index in [9.17, 15) is 14.7 Å². The van der Waals surface area contributed by atoms with Gasteiger partial charge in [-0.3, -0.25) is 5.32 Å². The number of thiophene rings is 1. The third-order valence-corrected chi connectivity index (χ3v) is 4.29. The Morgan fingerprint density at radius 3 is 2.53 bits per heavy atom. The Morgan fingerprint density at radius 2 is 1.95 bits per heavy atom. The Bertz CT molecular complexity index is 540. The highest BCUT2D eigenvalue weighted by atomic mass is 32.1. The summed E-state index contributed by atoms with van der Waals surface area (Å²) in [5.74, 6) is -1.01. The van der Waals surface area contributed by atoms with Crippen LogP contribution < -0.4 is 10.6 Å². The number of carboxylic acid groups (broad SMARTS) is 1. The van der Waals surface area contributed by atoms with Gasteiger partial charge in [0.05, 0.1) is 5.56 Å². The van der Waals surface area contributed by atoms with Crippen molar-refractivity contribution in [2.24, 2.45) is 0 Å². The molecule has 0 radical (unpaired) electrons. The summed E-state index contributed by atoms with van der Waals surface area (Å²) in [6.07, 6.45) is 5.68. The van der Waals surface area contributed by atoms with E-state index >= 15 is 0 Å². The molecule has 102 valence electrons. The van der Waals surface area contributed by atoms with Crippen molar-refractivity contribution < 1.29 is 14.7 Å². The van der Waals surface area contributed by atoms with Crippen molar-refractivity contribution in [2.75, 3.05) is 5.32 Å². The normalized spacial score (nSPS) is 14.6. The Balaban J connectivity index is 2.08. The molecule has 2 rings (SSSR count). The minimum Gasteiger partial charge on any atom is -0.478 e. The van der Waals surface area contributed by atoms with Gasteiger partial charge in [-0.05, 0) is 32.3 Å². The monoisotopic (exact) mass is 280 g/mol. The molecule has 0 spiro atoms. The lowest BCUT2D eigenvalue weighted by Crippen LogP contribution is -2.36. The lowest BCUT2D eigenvalue weighted by molar-refractivity contribution is 0.0697. The Hall–Kier alpha value is -1.82. The van der Waals surface area contributed by atoms with E-state index in [4.69, 9.17) is 0 Å². The molecule has 19 heavy (non-hydrogen) atoms. The maximum absolute atomic E-state index is 11.8. The van der Waals surface area contributed by atoms with E-state index in [-0.39, 0.29) is 17.6 Å². The molecule has 0 fully saturated rings. The van der Waals surface area contributed by atoms with E-state index in [1.165, 1.54) is 11.3 Å². The molecule has 1 heterocycles. The number of aryl methyl sites for hydroxylation is 1. The van der Waals surface area contributed by atoms with Gasteiger partial charge in [0.1, 0.15) is 5.00 Å². The molecular formula is C13H16N2O3S. The van der Waals surface area contributed by atoms with Gasteiger partial charge in [0.15, 0.2) is 0 Å². The van der Waals surface area contributed by atoms with Crippen molar-refractivity contribution in [3.8, 4) is 0 Å². The summed E-state index contributed by atoms with van der Waals surface area (Å²) in [6, 6.07) is -0.243. The fourth-order valence-electron chi connectivity index (χ4n) is 2.03. The van der Waals surface area contributed by atoms with Crippen LogP contribution in [0.2, 0.25) is 0 Å². The molecule has 0 aliphatic heterocycles. The van der Waals surface area contributed by atoms with Gasteiger partial charge in [-0.15, -0.1) is 11.3 Å². The smallest absolute Gasteiger partial charge is 0.338 e. The molecule has 1 aromatic rings. The summed E-state index contributed by atoms with van der Waals surface area (Å²) in [6.45, 7) is 3.59. The number of nitrogens with one attached hydrogen (secondary N) is 2. The van der Waals surface area contributed by atoms with E-state index in [1.807, 2.05) is 19.1 Å². The number of carbonyl (C=O) groups is 2. The summed E-state index contributed by atoms with van der Waals surface area (Å²) in [5.41, 5.74) is 0.887. The molecule has 0 unspecified atom stereocenters. The van der Waals surface area contributed by atoms with Crippen LogP contribution in [0, 0.1) is 13.8 Å². The fraction of sp³-hybridized carbons (Fsp3) is 0.385. The number of urea groups is 1. The molecule has 6 heteroatoms. The molecule has 1 aliphatic rings. The molecule has 0 saturated heterocycles. The molecule has 2 amide bonds. The predicted octanol–water partition coefficient (Wildman–Crippen LogP) is 2.90. The Labute approximate surface area is 115 Å². The zero-order chi connectivity index (χ0) is 14.0. The molecular weight excluding hydrogens is 264 g/mol. The van der Waals surface area contributed by atoms with Crippen LogP contribution in [0.3, 0.4) is 0 Å². The van der Waals surface area contributed by atoms with Crippen LogP contribution in [0.5, 0.6) is 0 Å². The molecule has 0 bridgehead atoms. The van der Waals surface area contributed by atoms with Crippen LogP contribution in [0.25, 0.3) is 0 Å². The SMILES string of the molecule is Cc1sc(NC(=O)NC2CC=CC2)c(C(=O)O)c1C. The van der Waals surface area contributed by atoms with Crippen molar-refractivity contribution >= 4 is 28.3 Å². The Kier molecular flexibility index (Phi) is 3.90. The minimum atomic E-state index is -1.01. The van der Waals surface area contributed by atoms with Crippen molar-refractivity contribution in [3.63, 3.8) is 0 Å². The van der Waals surface area contributed by atoms with Gasteiger partial charge in [0.25, 0.3) is 0 Å². The van der Waals surface area contributed by atoms with Gasteiger partial charge in [0, 0.05) is 10.9 Å². The number of anilines is 1. The van der Waals surface area contributed by atoms with Gasteiger partial charge in [-0.1, -0.05) is 12.2 Å². The second-order valence-corrected chi connectivity index (χ2v) is 5.76. The summed E-state index contributed by atoms with van der Waals surface area (Å²) in [5, 5.41) is 15.0. The zero-order valence-electron chi connectivity index (χ0n) is 10.8. The van der Waals surface area contributed by atoms with E-state index in [1.54, 1.807) is 6.92 Å². The van der Waals surface area contributed by atoms with Gasteiger partial charge >= 0.3 is 12.0 Å². The third kappa shape index (κ3) is 2.96. The van der Waals surface area contributed by atoms with Crippen molar-refractivity contribution in [2.45, 2.75) is 32.7 Å². The largest absolute Gasteiger partial charge is 0.478 e. The summed E-state index contributed by atoms with van der Waals surface area (Å²) in [7, 11) is 0. The average molecular weight is 280 g/mol. The molecule has 3 N–H and O–H groups in total. The third-order valence-electron chi connectivity index (χ3n) is 3.17. The number of carboxylic acids is 1. The van der Waals surface area contributed by atoms with Crippen molar-refractivity contribution in [3.05, 3.63) is 28.2 Å². The highest BCUT2D eigenvalue weighted by molar-refractivity contribution is 7.16.